The number of anilines is 1. The van der Waals surface area contributed by atoms with Crippen LogP contribution < -0.4 is 10.5 Å². The van der Waals surface area contributed by atoms with Crippen LogP contribution in [-0.4, -0.2) is 17.9 Å². The molecular formula is C17H20N2O2. The number of carbonyl (C=O) groups excluding carboxylic acids is 1. The van der Waals surface area contributed by atoms with Crippen molar-refractivity contribution in [3.63, 3.8) is 0 Å². The summed E-state index contributed by atoms with van der Waals surface area (Å²) in [6.45, 7) is 4.63. The number of nitrogen functional groups attached to an aromatic ring is 1. The topological polar surface area (TPSA) is 65.2 Å². The summed E-state index contributed by atoms with van der Waals surface area (Å²) in [6, 6.07) is 7.44. The molecule has 2 rings (SSSR count). The molecule has 0 aliphatic heterocycles. The van der Waals surface area contributed by atoms with Crippen molar-refractivity contribution in [1.29, 1.82) is 0 Å². The Kier molecular flexibility index (Phi) is 4.93. The average Bonchev–Trinajstić information content (AvgIpc) is 2.49. The van der Waals surface area contributed by atoms with Gasteiger partial charge in [0, 0.05) is 5.56 Å². The van der Waals surface area contributed by atoms with Crippen LogP contribution in [-0.2, 0) is 0 Å². The number of ether oxygens (including phenoxy) is 1. The largest absolute Gasteiger partial charge is 0.492 e. The summed E-state index contributed by atoms with van der Waals surface area (Å²) in [5.74, 6) is 0.598. The first-order valence-electron chi connectivity index (χ1n) is 7.10. The maximum absolute atomic E-state index is 11.3. The van der Waals surface area contributed by atoms with E-state index in [4.69, 9.17) is 10.5 Å². The molecule has 1 aromatic heterocycles. The van der Waals surface area contributed by atoms with Gasteiger partial charge in [-0.3, -0.25) is 9.78 Å². The van der Waals surface area contributed by atoms with Gasteiger partial charge in [0.25, 0.3) is 0 Å². The predicted octanol–water partition coefficient (Wildman–Crippen LogP) is 3.63. The number of aryl methyl sites for hydroxylation is 1. The Morgan fingerprint density at radius 3 is 2.76 bits per heavy atom. The summed E-state index contributed by atoms with van der Waals surface area (Å²) in [5.41, 5.74) is 9.41. The van der Waals surface area contributed by atoms with Gasteiger partial charge in [-0.2, -0.15) is 0 Å². The van der Waals surface area contributed by atoms with Crippen LogP contribution in [0.15, 0.2) is 30.5 Å². The summed E-state index contributed by atoms with van der Waals surface area (Å²) in [7, 11) is 0. The Bertz CT molecular complexity index is 621. The summed E-state index contributed by atoms with van der Waals surface area (Å²) in [6.07, 6.45) is 4.42. The van der Waals surface area contributed by atoms with Crippen molar-refractivity contribution in [1.82, 2.24) is 4.98 Å². The number of nitrogens with zero attached hydrogens (tertiary/aromatic N) is 1. The number of benzene rings is 1. The van der Waals surface area contributed by atoms with Crippen molar-refractivity contribution in [2.45, 2.75) is 26.7 Å². The molecule has 1 heterocycles. The summed E-state index contributed by atoms with van der Waals surface area (Å²) < 4.78 is 5.84. The van der Waals surface area contributed by atoms with E-state index >= 15 is 0 Å². The number of pyridine rings is 1. The molecule has 21 heavy (non-hydrogen) atoms. The van der Waals surface area contributed by atoms with Crippen LogP contribution in [0.2, 0.25) is 0 Å². The second kappa shape index (κ2) is 6.88. The molecule has 0 fully saturated rings. The Morgan fingerprint density at radius 1 is 1.33 bits per heavy atom. The molecular weight excluding hydrogens is 264 g/mol. The summed E-state index contributed by atoms with van der Waals surface area (Å²) in [4.78, 5) is 15.7. The normalized spacial score (nSPS) is 10.4. The molecule has 0 bridgehead atoms. The molecule has 0 radical (unpaired) electrons. The van der Waals surface area contributed by atoms with Crippen molar-refractivity contribution >= 4 is 12.0 Å². The molecule has 4 heteroatoms. The molecule has 2 N–H and O–H groups in total. The van der Waals surface area contributed by atoms with Crippen LogP contribution >= 0.6 is 0 Å². The summed E-state index contributed by atoms with van der Waals surface area (Å²) in [5, 5.41) is 0. The van der Waals surface area contributed by atoms with Gasteiger partial charge in [0.1, 0.15) is 5.75 Å². The van der Waals surface area contributed by atoms with Crippen molar-refractivity contribution in [3.8, 4) is 17.0 Å². The van der Waals surface area contributed by atoms with E-state index in [2.05, 4.69) is 11.9 Å². The van der Waals surface area contributed by atoms with E-state index in [-0.39, 0.29) is 0 Å². The third kappa shape index (κ3) is 3.60. The lowest BCUT2D eigenvalue weighted by atomic mass is 10.0. The van der Waals surface area contributed by atoms with E-state index in [0.29, 0.717) is 23.6 Å². The molecule has 4 nitrogen and oxygen atoms in total. The fourth-order valence-electron chi connectivity index (χ4n) is 2.12. The standard InChI is InChI=1S/C17H20N2O2/c1-3-4-7-21-17-13(11-20)8-12(2)9-15(17)16-6-5-14(18)10-19-16/h5-6,8-11H,3-4,7,18H2,1-2H3. The van der Waals surface area contributed by atoms with E-state index in [9.17, 15) is 4.79 Å². The quantitative estimate of drug-likeness (QED) is 0.650. The van der Waals surface area contributed by atoms with Crippen molar-refractivity contribution < 1.29 is 9.53 Å². The Hall–Kier alpha value is -2.36. The molecule has 0 aliphatic rings. The summed E-state index contributed by atoms with van der Waals surface area (Å²) >= 11 is 0. The molecule has 0 saturated heterocycles. The number of rotatable bonds is 6. The molecule has 0 spiro atoms. The van der Waals surface area contributed by atoms with Crippen LogP contribution in [0.25, 0.3) is 11.3 Å². The highest BCUT2D eigenvalue weighted by Crippen LogP contribution is 2.33. The van der Waals surface area contributed by atoms with Gasteiger partial charge >= 0.3 is 0 Å². The number of aldehydes is 1. The number of carbonyl (C=O) groups is 1. The van der Waals surface area contributed by atoms with Crippen LogP contribution in [0.3, 0.4) is 0 Å². The number of unbranched alkanes of at least 4 members (excludes halogenated alkanes) is 1. The molecule has 110 valence electrons. The molecule has 0 aliphatic carbocycles. The van der Waals surface area contributed by atoms with E-state index in [1.165, 1.54) is 0 Å². The Labute approximate surface area is 125 Å². The molecule has 1 aromatic carbocycles. The van der Waals surface area contributed by atoms with Gasteiger partial charge in [0.05, 0.1) is 29.7 Å². The zero-order valence-corrected chi connectivity index (χ0v) is 12.4. The van der Waals surface area contributed by atoms with Gasteiger partial charge in [0.2, 0.25) is 0 Å². The predicted molar refractivity (Wildman–Crippen MR) is 84.6 cm³/mol. The highest BCUT2D eigenvalue weighted by molar-refractivity contribution is 5.86. The minimum Gasteiger partial charge on any atom is -0.492 e. The molecule has 2 aromatic rings. The average molecular weight is 284 g/mol. The number of hydrogen-bond acceptors (Lipinski definition) is 4. The van der Waals surface area contributed by atoms with Gasteiger partial charge in [0.15, 0.2) is 6.29 Å². The van der Waals surface area contributed by atoms with Gasteiger partial charge < -0.3 is 10.5 Å². The van der Waals surface area contributed by atoms with Crippen molar-refractivity contribution in [2.75, 3.05) is 12.3 Å². The maximum Gasteiger partial charge on any atom is 0.153 e. The molecule has 0 saturated carbocycles. The zero-order valence-electron chi connectivity index (χ0n) is 12.4. The fraction of sp³-hybridized carbons (Fsp3) is 0.294. The lowest BCUT2D eigenvalue weighted by Gasteiger charge is -2.14. The van der Waals surface area contributed by atoms with E-state index in [1.807, 2.05) is 25.1 Å². The van der Waals surface area contributed by atoms with Crippen molar-refractivity contribution in [3.05, 3.63) is 41.6 Å². The minimum absolute atomic E-state index is 0.555. The third-order valence-corrected chi connectivity index (χ3v) is 3.20. The van der Waals surface area contributed by atoms with Gasteiger partial charge in [-0.05, 0) is 43.2 Å². The zero-order chi connectivity index (χ0) is 15.2. The van der Waals surface area contributed by atoms with Gasteiger partial charge in [-0.15, -0.1) is 0 Å². The molecule has 0 amide bonds. The highest BCUT2D eigenvalue weighted by atomic mass is 16.5. The lowest BCUT2D eigenvalue weighted by molar-refractivity contribution is 0.111. The van der Waals surface area contributed by atoms with E-state index in [1.54, 1.807) is 12.3 Å². The SMILES string of the molecule is CCCCOc1c(C=O)cc(C)cc1-c1ccc(N)cn1. The second-order valence-electron chi connectivity index (χ2n) is 5.03. The number of aromatic nitrogens is 1. The van der Waals surface area contributed by atoms with E-state index < -0.39 is 0 Å². The first-order valence-corrected chi connectivity index (χ1v) is 7.10. The number of hydrogen-bond donors (Lipinski definition) is 1. The van der Waals surface area contributed by atoms with Gasteiger partial charge in [-0.25, -0.2) is 0 Å². The first kappa shape index (κ1) is 15.0. The lowest BCUT2D eigenvalue weighted by Crippen LogP contribution is -2.03. The highest BCUT2D eigenvalue weighted by Gasteiger charge is 2.14. The minimum atomic E-state index is 0.555. The van der Waals surface area contributed by atoms with Crippen LogP contribution in [0.5, 0.6) is 5.75 Å². The Balaban J connectivity index is 2.48. The van der Waals surface area contributed by atoms with Crippen LogP contribution in [0.4, 0.5) is 5.69 Å². The fourth-order valence-corrected chi connectivity index (χ4v) is 2.12. The monoisotopic (exact) mass is 284 g/mol. The van der Waals surface area contributed by atoms with Crippen LogP contribution in [0.1, 0.15) is 35.7 Å². The smallest absolute Gasteiger partial charge is 0.153 e. The maximum atomic E-state index is 11.3. The molecule has 0 unspecified atom stereocenters. The second-order valence-corrected chi connectivity index (χ2v) is 5.03. The Morgan fingerprint density at radius 2 is 2.14 bits per heavy atom. The molecule has 0 atom stereocenters. The van der Waals surface area contributed by atoms with Crippen molar-refractivity contribution in [2.24, 2.45) is 0 Å². The third-order valence-electron chi connectivity index (χ3n) is 3.20. The number of nitrogens with two attached hydrogens (primary N) is 1. The van der Waals surface area contributed by atoms with Crippen LogP contribution in [0, 0.1) is 6.92 Å². The first-order chi connectivity index (χ1) is 10.2. The van der Waals surface area contributed by atoms with Gasteiger partial charge in [-0.1, -0.05) is 13.3 Å². The van der Waals surface area contributed by atoms with E-state index in [0.717, 1.165) is 35.9 Å².